The minimum atomic E-state index is -1.05. The van der Waals surface area contributed by atoms with Crippen molar-refractivity contribution in [3.05, 3.63) is 47.8 Å². The number of nitrogens with zero attached hydrogens (tertiary/aromatic N) is 3. The van der Waals surface area contributed by atoms with Crippen molar-refractivity contribution in [2.75, 3.05) is 6.54 Å². The van der Waals surface area contributed by atoms with Gasteiger partial charge < -0.3 is 5.32 Å². The monoisotopic (exact) mass is 252 g/mol. The second kappa shape index (κ2) is 5.35. The number of nitrogens with one attached hydrogen (secondary N) is 1. The molecule has 18 heavy (non-hydrogen) atoms. The summed E-state index contributed by atoms with van der Waals surface area (Å²) in [6, 6.07) is 3.00. The summed E-state index contributed by atoms with van der Waals surface area (Å²) in [6.45, 7) is 0.703. The van der Waals surface area contributed by atoms with E-state index in [4.69, 9.17) is 0 Å². The molecule has 0 saturated carbocycles. The van der Waals surface area contributed by atoms with Crippen LogP contribution in [0.5, 0.6) is 0 Å². The second-order valence-electron chi connectivity index (χ2n) is 3.51. The van der Waals surface area contributed by atoms with Crippen LogP contribution in [0.4, 0.5) is 8.78 Å². The van der Waals surface area contributed by atoms with Crippen LogP contribution in [-0.2, 0) is 6.54 Å². The Morgan fingerprint density at radius 1 is 1.22 bits per heavy atom. The van der Waals surface area contributed by atoms with E-state index in [1.54, 1.807) is 0 Å². The third-order valence-electron chi connectivity index (χ3n) is 2.25. The fourth-order valence-corrected chi connectivity index (χ4v) is 1.37. The molecule has 1 heterocycles. The summed E-state index contributed by atoms with van der Waals surface area (Å²) in [4.78, 5) is 13.0. The minimum Gasteiger partial charge on any atom is -0.350 e. The van der Waals surface area contributed by atoms with Crippen molar-refractivity contribution in [2.45, 2.75) is 6.54 Å². The first-order valence-corrected chi connectivity index (χ1v) is 5.24. The van der Waals surface area contributed by atoms with Crippen LogP contribution in [0.3, 0.4) is 0 Å². The molecule has 0 fully saturated rings. The van der Waals surface area contributed by atoms with Crippen LogP contribution in [-0.4, -0.2) is 27.4 Å². The summed E-state index contributed by atoms with van der Waals surface area (Å²) < 4.78 is 25.6. The van der Waals surface area contributed by atoms with Crippen molar-refractivity contribution in [3.63, 3.8) is 0 Å². The summed E-state index contributed by atoms with van der Waals surface area (Å²) >= 11 is 0. The van der Waals surface area contributed by atoms with Gasteiger partial charge in [0.1, 0.15) is 0 Å². The molecule has 94 valence electrons. The highest BCUT2D eigenvalue weighted by Gasteiger charge is 2.09. The topological polar surface area (TPSA) is 59.8 Å². The average molecular weight is 252 g/mol. The van der Waals surface area contributed by atoms with Crippen molar-refractivity contribution >= 4 is 5.91 Å². The molecular weight excluding hydrogens is 242 g/mol. The van der Waals surface area contributed by atoms with Crippen molar-refractivity contribution in [2.24, 2.45) is 0 Å². The van der Waals surface area contributed by atoms with Crippen LogP contribution in [0.1, 0.15) is 10.4 Å². The quantitative estimate of drug-likeness (QED) is 0.882. The number of carbonyl (C=O) groups excluding carboxylic acids is 1. The molecule has 0 bridgehead atoms. The van der Waals surface area contributed by atoms with Crippen LogP contribution in [0.2, 0.25) is 0 Å². The van der Waals surface area contributed by atoms with E-state index in [0.29, 0.717) is 13.1 Å². The fraction of sp³-hybridized carbons (Fsp3) is 0.182. The first-order chi connectivity index (χ1) is 8.66. The lowest BCUT2D eigenvalue weighted by Crippen LogP contribution is -2.27. The van der Waals surface area contributed by atoms with Gasteiger partial charge >= 0.3 is 0 Å². The lowest BCUT2D eigenvalue weighted by atomic mass is 10.2. The number of rotatable bonds is 4. The first-order valence-electron chi connectivity index (χ1n) is 5.24. The molecule has 1 aromatic heterocycles. The highest BCUT2D eigenvalue weighted by Crippen LogP contribution is 2.08. The number of halogens is 2. The highest BCUT2D eigenvalue weighted by molar-refractivity contribution is 5.94. The lowest BCUT2D eigenvalue weighted by Gasteiger charge is -2.05. The third kappa shape index (κ3) is 2.88. The molecule has 0 aliphatic carbocycles. The molecule has 0 atom stereocenters. The lowest BCUT2D eigenvalue weighted by molar-refractivity contribution is 0.0951. The number of benzene rings is 1. The van der Waals surface area contributed by atoms with E-state index in [1.807, 2.05) is 0 Å². The maximum Gasteiger partial charge on any atom is 0.251 e. The van der Waals surface area contributed by atoms with Gasteiger partial charge in [-0.1, -0.05) is 0 Å². The average Bonchev–Trinajstić information content (AvgIpc) is 2.85. The van der Waals surface area contributed by atoms with Gasteiger partial charge in [-0.25, -0.2) is 8.78 Å². The van der Waals surface area contributed by atoms with E-state index >= 15 is 0 Å². The Hall–Kier alpha value is -2.31. The van der Waals surface area contributed by atoms with E-state index < -0.39 is 17.5 Å². The van der Waals surface area contributed by atoms with Crippen LogP contribution >= 0.6 is 0 Å². The SMILES string of the molecule is O=C(NCCn1nccn1)c1ccc(F)c(F)c1. The van der Waals surface area contributed by atoms with E-state index in [2.05, 4.69) is 15.5 Å². The molecule has 7 heteroatoms. The van der Waals surface area contributed by atoms with E-state index in [-0.39, 0.29) is 5.56 Å². The molecule has 2 aromatic rings. The van der Waals surface area contributed by atoms with Gasteiger partial charge in [-0.05, 0) is 18.2 Å². The standard InChI is InChI=1S/C11H10F2N4O/c12-9-2-1-8(7-10(9)13)11(18)14-5-6-17-15-3-4-16-17/h1-4,7H,5-6H2,(H,14,18). The first kappa shape index (κ1) is 12.2. The number of hydrogen-bond acceptors (Lipinski definition) is 3. The van der Waals surface area contributed by atoms with Gasteiger partial charge in [0.05, 0.1) is 18.9 Å². The summed E-state index contributed by atoms with van der Waals surface area (Å²) in [5.41, 5.74) is 0.0716. The summed E-state index contributed by atoms with van der Waals surface area (Å²) in [5, 5.41) is 10.3. The molecule has 1 aromatic carbocycles. The zero-order valence-electron chi connectivity index (χ0n) is 9.31. The number of aromatic nitrogens is 3. The Morgan fingerprint density at radius 3 is 2.61 bits per heavy atom. The third-order valence-corrected chi connectivity index (χ3v) is 2.25. The molecule has 1 N–H and O–H groups in total. The molecule has 0 spiro atoms. The van der Waals surface area contributed by atoms with Crippen molar-refractivity contribution in [1.29, 1.82) is 0 Å². The molecule has 2 rings (SSSR count). The van der Waals surface area contributed by atoms with E-state index in [9.17, 15) is 13.6 Å². The maximum absolute atomic E-state index is 12.9. The van der Waals surface area contributed by atoms with Crippen LogP contribution in [0.25, 0.3) is 0 Å². The van der Waals surface area contributed by atoms with Crippen molar-refractivity contribution < 1.29 is 13.6 Å². The number of amides is 1. The van der Waals surface area contributed by atoms with Gasteiger partial charge in [0, 0.05) is 12.1 Å². The van der Waals surface area contributed by atoms with E-state index in [0.717, 1.165) is 12.1 Å². The molecule has 0 unspecified atom stereocenters. The fourth-order valence-electron chi connectivity index (χ4n) is 1.37. The molecule has 0 radical (unpaired) electrons. The Bertz CT molecular complexity index is 542. The van der Waals surface area contributed by atoms with Crippen molar-refractivity contribution in [1.82, 2.24) is 20.3 Å². The van der Waals surface area contributed by atoms with Crippen LogP contribution in [0, 0.1) is 11.6 Å². The second-order valence-corrected chi connectivity index (χ2v) is 3.51. The van der Waals surface area contributed by atoms with Gasteiger partial charge in [-0.3, -0.25) is 4.79 Å². The van der Waals surface area contributed by atoms with Gasteiger partial charge in [0.2, 0.25) is 0 Å². The molecule has 0 aliphatic heterocycles. The normalized spacial score (nSPS) is 10.3. The highest BCUT2D eigenvalue weighted by atomic mass is 19.2. The van der Waals surface area contributed by atoms with Crippen LogP contribution in [0.15, 0.2) is 30.6 Å². The predicted molar refractivity (Wildman–Crippen MR) is 58.7 cm³/mol. The van der Waals surface area contributed by atoms with E-state index in [1.165, 1.54) is 23.3 Å². The molecular formula is C11H10F2N4O. The Labute approximate surface area is 101 Å². The van der Waals surface area contributed by atoms with Gasteiger partial charge in [-0.15, -0.1) is 0 Å². The van der Waals surface area contributed by atoms with Crippen LogP contribution < -0.4 is 5.32 Å². The van der Waals surface area contributed by atoms with Gasteiger partial charge in [0.15, 0.2) is 11.6 Å². The summed E-state index contributed by atoms with van der Waals surface area (Å²) in [7, 11) is 0. The molecule has 1 amide bonds. The van der Waals surface area contributed by atoms with Gasteiger partial charge in [0.25, 0.3) is 5.91 Å². The zero-order valence-corrected chi connectivity index (χ0v) is 9.31. The maximum atomic E-state index is 12.9. The van der Waals surface area contributed by atoms with Crippen molar-refractivity contribution in [3.8, 4) is 0 Å². The Kier molecular flexibility index (Phi) is 3.61. The smallest absolute Gasteiger partial charge is 0.251 e. The summed E-state index contributed by atoms with van der Waals surface area (Å²) in [5.74, 6) is -2.50. The Morgan fingerprint density at radius 2 is 1.94 bits per heavy atom. The zero-order chi connectivity index (χ0) is 13.0. The summed E-state index contributed by atoms with van der Waals surface area (Å²) in [6.07, 6.45) is 3.05. The largest absolute Gasteiger partial charge is 0.350 e. The molecule has 5 nitrogen and oxygen atoms in total. The number of carbonyl (C=O) groups is 1. The predicted octanol–water partition coefficient (Wildman–Crippen LogP) is 0.986. The molecule has 0 saturated heterocycles. The number of hydrogen-bond donors (Lipinski definition) is 1. The molecule has 0 aliphatic rings. The Balaban J connectivity index is 1.89. The minimum absolute atomic E-state index is 0.0716. The van der Waals surface area contributed by atoms with Gasteiger partial charge in [-0.2, -0.15) is 15.0 Å².